The zero-order valence-corrected chi connectivity index (χ0v) is 8.46. The van der Waals surface area contributed by atoms with Crippen LogP contribution in [-0.2, 0) is 13.5 Å². The number of hydrogen-bond donors (Lipinski definition) is 1. The summed E-state index contributed by atoms with van der Waals surface area (Å²) in [5, 5.41) is 14.2. The van der Waals surface area contributed by atoms with Gasteiger partial charge in [-0.05, 0) is 28.5 Å². The van der Waals surface area contributed by atoms with Crippen LogP contribution in [0.3, 0.4) is 0 Å². The number of pyridine rings is 1. The maximum absolute atomic E-state index is 4.04. The first-order valence-electron chi connectivity index (χ1n) is 4.71. The lowest BCUT2D eigenvalue weighted by Gasteiger charge is -2.03. The molecule has 78 valence electrons. The van der Waals surface area contributed by atoms with E-state index in [2.05, 4.69) is 25.8 Å². The number of aryl methyl sites for hydroxylation is 1. The van der Waals surface area contributed by atoms with Crippen molar-refractivity contribution in [2.45, 2.75) is 6.42 Å². The highest BCUT2D eigenvalue weighted by atomic mass is 15.6. The van der Waals surface area contributed by atoms with Crippen LogP contribution in [0.5, 0.6) is 0 Å². The Bertz CT molecular complexity index is 410. The second-order valence-electron chi connectivity index (χ2n) is 3.16. The lowest BCUT2D eigenvalue weighted by atomic mass is 10.2. The van der Waals surface area contributed by atoms with Gasteiger partial charge in [0.25, 0.3) is 0 Å². The zero-order chi connectivity index (χ0) is 10.5. The largest absolute Gasteiger partial charge is 0.353 e. The average Bonchev–Trinajstić information content (AvgIpc) is 2.66. The van der Waals surface area contributed by atoms with Gasteiger partial charge in [-0.2, -0.15) is 0 Å². The van der Waals surface area contributed by atoms with Crippen LogP contribution in [-0.4, -0.2) is 31.7 Å². The Labute approximate surface area is 87.3 Å². The number of anilines is 1. The Kier molecular flexibility index (Phi) is 2.87. The van der Waals surface area contributed by atoms with Gasteiger partial charge in [0.2, 0.25) is 5.95 Å². The minimum atomic E-state index is 0.680. The van der Waals surface area contributed by atoms with Crippen molar-refractivity contribution in [2.24, 2.45) is 7.05 Å². The first kappa shape index (κ1) is 9.57. The van der Waals surface area contributed by atoms with Gasteiger partial charge in [0, 0.05) is 26.0 Å². The fourth-order valence-corrected chi connectivity index (χ4v) is 1.24. The summed E-state index contributed by atoms with van der Waals surface area (Å²) in [6.45, 7) is 0.792. The smallest absolute Gasteiger partial charge is 0.242 e. The van der Waals surface area contributed by atoms with Crippen LogP contribution in [0.2, 0.25) is 0 Å². The second-order valence-corrected chi connectivity index (χ2v) is 3.16. The van der Waals surface area contributed by atoms with Crippen molar-refractivity contribution in [3.8, 4) is 0 Å². The van der Waals surface area contributed by atoms with E-state index in [1.54, 1.807) is 17.9 Å². The number of aromatic nitrogens is 5. The summed E-state index contributed by atoms with van der Waals surface area (Å²) < 4.78 is 1.60. The fourth-order valence-electron chi connectivity index (χ4n) is 1.24. The summed E-state index contributed by atoms with van der Waals surface area (Å²) in [6.07, 6.45) is 4.53. The molecule has 0 unspecified atom stereocenters. The van der Waals surface area contributed by atoms with Crippen molar-refractivity contribution in [2.75, 3.05) is 11.9 Å². The van der Waals surface area contributed by atoms with Crippen LogP contribution in [0.1, 0.15) is 5.56 Å². The summed E-state index contributed by atoms with van der Waals surface area (Å²) >= 11 is 0. The Morgan fingerprint density at radius 3 is 3.07 bits per heavy atom. The highest BCUT2D eigenvalue weighted by Crippen LogP contribution is 1.99. The molecule has 2 rings (SSSR count). The third kappa shape index (κ3) is 2.49. The van der Waals surface area contributed by atoms with Gasteiger partial charge >= 0.3 is 0 Å². The molecule has 0 atom stereocenters. The molecule has 0 bridgehead atoms. The third-order valence-electron chi connectivity index (χ3n) is 2.04. The maximum atomic E-state index is 4.04. The molecule has 2 aromatic heterocycles. The molecule has 0 aliphatic carbocycles. The zero-order valence-electron chi connectivity index (χ0n) is 8.46. The third-order valence-corrected chi connectivity index (χ3v) is 2.04. The Morgan fingerprint density at radius 2 is 2.40 bits per heavy atom. The monoisotopic (exact) mass is 204 g/mol. The number of rotatable bonds is 4. The Balaban J connectivity index is 1.83. The van der Waals surface area contributed by atoms with E-state index in [1.165, 1.54) is 5.56 Å². The maximum Gasteiger partial charge on any atom is 0.242 e. The summed E-state index contributed by atoms with van der Waals surface area (Å²) in [5.41, 5.74) is 1.19. The molecule has 0 saturated carbocycles. The number of hydrogen-bond acceptors (Lipinski definition) is 5. The minimum absolute atomic E-state index is 0.680. The van der Waals surface area contributed by atoms with Gasteiger partial charge in [-0.15, -0.1) is 0 Å². The van der Waals surface area contributed by atoms with Crippen molar-refractivity contribution >= 4 is 5.95 Å². The van der Waals surface area contributed by atoms with E-state index >= 15 is 0 Å². The van der Waals surface area contributed by atoms with Crippen molar-refractivity contribution in [1.29, 1.82) is 0 Å². The Morgan fingerprint density at radius 1 is 1.47 bits per heavy atom. The van der Waals surface area contributed by atoms with Crippen molar-refractivity contribution in [3.63, 3.8) is 0 Å². The van der Waals surface area contributed by atoms with Gasteiger partial charge in [0.1, 0.15) is 0 Å². The molecule has 0 spiro atoms. The first-order valence-corrected chi connectivity index (χ1v) is 4.71. The van der Waals surface area contributed by atoms with E-state index in [1.807, 2.05) is 18.3 Å². The molecular weight excluding hydrogens is 192 g/mol. The molecule has 6 heteroatoms. The topological polar surface area (TPSA) is 68.5 Å². The molecule has 0 radical (unpaired) electrons. The van der Waals surface area contributed by atoms with Crippen LogP contribution >= 0.6 is 0 Å². The molecule has 15 heavy (non-hydrogen) atoms. The molecule has 0 aliphatic rings. The summed E-state index contributed by atoms with van der Waals surface area (Å²) in [6, 6.07) is 3.98. The number of nitrogens with one attached hydrogen (secondary N) is 1. The normalized spacial score (nSPS) is 10.2. The summed E-state index contributed by atoms with van der Waals surface area (Å²) in [4.78, 5) is 4.04. The molecule has 0 fully saturated rings. The summed E-state index contributed by atoms with van der Waals surface area (Å²) in [5.74, 6) is 0.680. The highest BCUT2D eigenvalue weighted by Gasteiger charge is 1.99. The highest BCUT2D eigenvalue weighted by molar-refractivity contribution is 5.21. The lowest BCUT2D eigenvalue weighted by Crippen LogP contribution is -2.09. The van der Waals surface area contributed by atoms with Crippen molar-refractivity contribution < 1.29 is 0 Å². The molecule has 2 aromatic rings. The molecule has 0 aliphatic heterocycles. The SMILES string of the molecule is Cn1nnnc1NCCc1cccnc1. The summed E-state index contributed by atoms with van der Waals surface area (Å²) in [7, 11) is 1.80. The van der Waals surface area contributed by atoms with Gasteiger partial charge < -0.3 is 5.32 Å². The van der Waals surface area contributed by atoms with Gasteiger partial charge in [0.15, 0.2) is 0 Å². The lowest BCUT2D eigenvalue weighted by molar-refractivity contribution is 0.712. The average molecular weight is 204 g/mol. The van der Waals surface area contributed by atoms with Gasteiger partial charge in [-0.1, -0.05) is 11.2 Å². The van der Waals surface area contributed by atoms with Crippen molar-refractivity contribution in [1.82, 2.24) is 25.2 Å². The van der Waals surface area contributed by atoms with Crippen LogP contribution in [0.25, 0.3) is 0 Å². The predicted molar refractivity (Wildman–Crippen MR) is 55.2 cm³/mol. The van der Waals surface area contributed by atoms with Crippen LogP contribution in [0.4, 0.5) is 5.95 Å². The molecule has 6 nitrogen and oxygen atoms in total. The number of tetrazole rings is 1. The van der Waals surface area contributed by atoms with Gasteiger partial charge in [-0.25, -0.2) is 4.68 Å². The van der Waals surface area contributed by atoms with E-state index in [0.717, 1.165) is 13.0 Å². The number of nitrogens with zero attached hydrogens (tertiary/aromatic N) is 5. The molecule has 1 N–H and O–H groups in total. The van der Waals surface area contributed by atoms with E-state index in [0.29, 0.717) is 5.95 Å². The van der Waals surface area contributed by atoms with Crippen LogP contribution in [0.15, 0.2) is 24.5 Å². The minimum Gasteiger partial charge on any atom is -0.353 e. The van der Waals surface area contributed by atoms with Gasteiger partial charge in [0.05, 0.1) is 0 Å². The Hall–Kier alpha value is -1.98. The standard InChI is InChI=1S/C9H12N6/c1-15-9(12-13-14-15)11-6-4-8-3-2-5-10-7-8/h2-3,5,7H,4,6H2,1H3,(H,11,12,14). The van der Waals surface area contributed by atoms with E-state index in [-0.39, 0.29) is 0 Å². The molecule has 0 aromatic carbocycles. The van der Waals surface area contributed by atoms with E-state index in [4.69, 9.17) is 0 Å². The van der Waals surface area contributed by atoms with E-state index < -0.39 is 0 Å². The molecule has 0 amide bonds. The molecule has 2 heterocycles. The van der Waals surface area contributed by atoms with Crippen molar-refractivity contribution in [3.05, 3.63) is 30.1 Å². The fraction of sp³-hybridized carbons (Fsp3) is 0.333. The predicted octanol–water partition coefficient (Wildman–Crippen LogP) is 0.260. The first-order chi connectivity index (χ1) is 7.36. The molecular formula is C9H12N6. The van der Waals surface area contributed by atoms with Crippen LogP contribution < -0.4 is 5.32 Å². The van der Waals surface area contributed by atoms with E-state index in [9.17, 15) is 0 Å². The van der Waals surface area contributed by atoms with Crippen LogP contribution in [0, 0.1) is 0 Å². The molecule has 0 saturated heterocycles. The van der Waals surface area contributed by atoms with Gasteiger partial charge in [-0.3, -0.25) is 4.98 Å². The quantitative estimate of drug-likeness (QED) is 0.773. The second kappa shape index (κ2) is 4.50.